The number of nitrogens with one attached hydrogen (secondary N) is 1. The molecular formula is C21H12ClF4N3O3S. The SMILES string of the molecule is O=C(Cn1c(=O)n(-c2ccccc2F)c(=O)c2sccc21)Nc1cc(C(F)(F)F)ccc1Cl. The van der Waals surface area contributed by atoms with E-state index in [0.717, 1.165) is 34.1 Å². The van der Waals surface area contributed by atoms with Crippen molar-refractivity contribution in [3.63, 3.8) is 0 Å². The monoisotopic (exact) mass is 497 g/mol. The van der Waals surface area contributed by atoms with Gasteiger partial charge < -0.3 is 5.32 Å². The molecule has 170 valence electrons. The van der Waals surface area contributed by atoms with Crippen LogP contribution in [0.3, 0.4) is 0 Å². The van der Waals surface area contributed by atoms with Gasteiger partial charge in [0, 0.05) is 0 Å². The van der Waals surface area contributed by atoms with Gasteiger partial charge in [0.15, 0.2) is 0 Å². The predicted octanol–water partition coefficient (Wildman–Crippen LogP) is 4.66. The van der Waals surface area contributed by atoms with Crippen LogP contribution in [0.15, 0.2) is 63.5 Å². The molecule has 12 heteroatoms. The number of thiophene rings is 1. The summed E-state index contributed by atoms with van der Waals surface area (Å²) in [6.07, 6.45) is -4.65. The number of amides is 1. The third-order valence-corrected chi connectivity index (χ3v) is 5.94. The predicted molar refractivity (Wildman–Crippen MR) is 117 cm³/mol. The van der Waals surface area contributed by atoms with Gasteiger partial charge in [-0.05, 0) is 41.8 Å². The number of nitrogens with zero attached hydrogens (tertiary/aromatic N) is 2. The summed E-state index contributed by atoms with van der Waals surface area (Å²) in [6, 6.07) is 9.01. The molecule has 33 heavy (non-hydrogen) atoms. The number of benzene rings is 2. The number of hydrogen-bond acceptors (Lipinski definition) is 4. The maximum atomic E-state index is 14.3. The van der Waals surface area contributed by atoms with Crippen LogP contribution in [0.5, 0.6) is 0 Å². The minimum absolute atomic E-state index is 0.0998. The van der Waals surface area contributed by atoms with Crippen LogP contribution in [0.2, 0.25) is 5.02 Å². The quantitative estimate of drug-likeness (QED) is 0.417. The number of alkyl halides is 3. The van der Waals surface area contributed by atoms with Crippen molar-refractivity contribution in [1.82, 2.24) is 9.13 Å². The molecule has 6 nitrogen and oxygen atoms in total. The first-order valence-corrected chi connectivity index (χ1v) is 10.5. The molecule has 0 aliphatic rings. The topological polar surface area (TPSA) is 73.1 Å². The maximum absolute atomic E-state index is 14.3. The Kier molecular flexibility index (Phi) is 5.85. The normalized spacial score (nSPS) is 11.7. The highest BCUT2D eigenvalue weighted by molar-refractivity contribution is 7.17. The number of anilines is 1. The van der Waals surface area contributed by atoms with Gasteiger partial charge in [-0.15, -0.1) is 11.3 Å². The highest BCUT2D eigenvalue weighted by atomic mass is 35.5. The molecule has 0 fully saturated rings. The second-order valence-corrected chi connectivity index (χ2v) is 8.16. The lowest BCUT2D eigenvalue weighted by Crippen LogP contribution is -2.40. The molecule has 0 aliphatic heterocycles. The minimum atomic E-state index is -4.65. The fraction of sp³-hybridized carbons (Fsp3) is 0.0952. The maximum Gasteiger partial charge on any atom is 0.416 e. The van der Waals surface area contributed by atoms with E-state index >= 15 is 0 Å². The van der Waals surface area contributed by atoms with Gasteiger partial charge in [-0.1, -0.05) is 23.7 Å². The highest BCUT2D eigenvalue weighted by Gasteiger charge is 2.31. The Balaban J connectivity index is 1.77. The molecule has 0 atom stereocenters. The van der Waals surface area contributed by atoms with Gasteiger partial charge in [0.05, 0.1) is 27.5 Å². The molecule has 0 saturated heterocycles. The molecule has 1 N–H and O–H groups in total. The summed E-state index contributed by atoms with van der Waals surface area (Å²) < 4.78 is 54.9. The highest BCUT2D eigenvalue weighted by Crippen LogP contribution is 2.33. The number of halogens is 5. The molecule has 0 spiro atoms. The van der Waals surface area contributed by atoms with Crippen molar-refractivity contribution < 1.29 is 22.4 Å². The molecule has 2 heterocycles. The van der Waals surface area contributed by atoms with Gasteiger partial charge >= 0.3 is 11.9 Å². The fourth-order valence-corrected chi connectivity index (χ4v) is 4.21. The van der Waals surface area contributed by atoms with Gasteiger partial charge in [-0.2, -0.15) is 13.2 Å². The van der Waals surface area contributed by atoms with E-state index in [2.05, 4.69) is 5.32 Å². The summed E-state index contributed by atoms with van der Waals surface area (Å²) in [5, 5.41) is 3.64. The van der Waals surface area contributed by atoms with Crippen LogP contribution in [-0.2, 0) is 17.5 Å². The zero-order chi connectivity index (χ0) is 23.9. The lowest BCUT2D eigenvalue weighted by molar-refractivity contribution is -0.137. The number of para-hydroxylation sites is 1. The number of carbonyl (C=O) groups excluding carboxylic acids is 1. The van der Waals surface area contributed by atoms with Crippen LogP contribution in [0.25, 0.3) is 15.9 Å². The average molecular weight is 498 g/mol. The third-order valence-electron chi connectivity index (χ3n) is 4.72. The zero-order valence-electron chi connectivity index (χ0n) is 16.3. The Morgan fingerprint density at radius 2 is 1.82 bits per heavy atom. The summed E-state index contributed by atoms with van der Waals surface area (Å²) in [5.41, 5.74) is -3.22. The van der Waals surface area contributed by atoms with Crippen LogP contribution in [0.4, 0.5) is 23.2 Å². The van der Waals surface area contributed by atoms with E-state index in [0.29, 0.717) is 10.6 Å². The number of rotatable bonds is 4. The number of hydrogen-bond donors (Lipinski definition) is 1. The van der Waals surface area contributed by atoms with Crippen LogP contribution in [0.1, 0.15) is 5.56 Å². The lowest BCUT2D eigenvalue weighted by atomic mass is 10.2. The van der Waals surface area contributed by atoms with Crippen LogP contribution in [0, 0.1) is 5.82 Å². The van der Waals surface area contributed by atoms with E-state index < -0.39 is 41.3 Å². The van der Waals surface area contributed by atoms with Gasteiger partial charge in [0.1, 0.15) is 17.1 Å². The molecule has 0 aliphatic carbocycles. The Hall–Kier alpha value is -3.44. The molecule has 2 aromatic carbocycles. The van der Waals surface area contributed by atoms with Crippen molar-refractivity contribution in [2.45, 2.75) is 12.7 Å². The molecule has 4 aromatic rings. The lowest BCUT2D eigenvalue weighted by Gasteiger charge is -2.14. The largest absolute Gasteiger partial charge is 0.416 e. The summed E-state index contributed by atoms with van der Waals surface area (Å²) in [6.45, 7) is -0.659. The first-order chi connectivity index (χ1) is 15.6. The Bertz CT molecular complexity index is 1510. The minimum Gasteiger partial charge on any atom is -0.323 e. The van der Waals surface area contributed by atoms with Gasteiger partial charge in [-0.3, -0.25) is 14.2 Å². The summed E-state index contributed by atoms with van der Waals surface area (Å²) in [4.78, 5) is 38.6. The first-order valence-electron chi connectivity index (χ1n) is 9.22. The second kappa shape index (κ2) is 8.49. The van der Waals surface area contributed by atoms with E-state index in [1.165, 1.54) is 29.6 Å². The first kappa shape index (κ1) is 22.7. The van der Waals surface area contributed by atoms with Gasteiger partial charge in [0.2, 0.25) is 5.91 Å². The summed E-state index contributed by atoms with van der Waals surface area (Å²) >= 11 is 6.91. The Morgan fingerprint density at radius 1 is 1.09 bits per heavy atom. The molecule has 0 unspecified atom stereocenters. The zero-order valence-corrected chi connectivity index (χ0v) is 17.9. The van der Waals surface area contributed by atoms with E-state index in [9.17, 15) is 31.9 Å². The molecule has 2 aromatic heterocycles. The van der Waals surface area contributed by atoms with Crippen molar-refractivity contribution in [3.05, 3.63) is 91.2 Å². The van der Waals surface area contributed by atoms with E-state index in [4.69, 9.17) is 11.6 Å². The Labute approximate surface area is 191 Å². The smallest absolute Gasteiger partial charge is 0.323 e. The number of fused-ring (bicyclic) bond motifs is 1. The van der Waals surface area contributed by atoms with Crippen molar-refractivity contribution in [2.75, 3.05) is 5.32 Å². The van der Waals surface area contributed by atoms with Crippen LogP contribution >= 0.6 is 22.9 Å². The van der Waals surface area contributed by atoms with E-state index in [1.807, 2.05) is 0 Å². The number of aromatic nitrogens is 2. The molecule has 0 radical (unpaired) electrons. The molecular weight excluding hydrogens is 486 g/mol. The van der Waals surface area contributed by atoms with Crippen molar-refractivity contribution in [2.24, 2.45) is 0 Å². The van der Waals surface area contributed by atoms with Gasteiger partial charge in [-0.25, -0.2) is 13.8 Å². The third kappa shape index (κ3) is 4.29. The van der Waals surface area contributed by atoms with E-state index in [1.54, 1.807) is 0 Å². The van der Waals surface area contributed by atoms with Crippen molar-refractivity contribution in [1.29, 1.82) is 0 Å². The molecule has 0 bridgehead atoms. The van der Waals surface area contributed by atoms with Gasteiger partial charge in [0.25, 0.3) is 5.56 Å². The van der Waals surface area contributed by atoms with E-state index in [-0.39, 0.29) is 26.6 Å². The van der Waals surface area contributed by atoms with Crippen LogP contribution in [-0.4, -0.2) is 15.0 Å². The molecule has 0 saturated carbocycles. The average Bonchev–Trinajstić information content (AvgIpc) is 3.23. The van der Waals surface area contributed by atoms with Crippen molar-refractivity contribution >= 4 is 44.7 Å². The van der Waals surface area contributed by atoms with Crippen LogP contribution < -0.4 is 16.6 Å². The fourth-order valence-electron chi connectivity index (χ4n) is 3.22. The number of carbonyl (C=O) groups is 1. The Morgan fingerprint density at radius 3 is 2.52 bits per heavy atom. The van der Waals surface area contributed by atoms with Crippen molar-refractivity contribution in [3.8, 4) is 5.69 Å². The standard InChI is InChI=1S/C21H12ClF4N3O3S/c22-12-6-5-11(21(24,25)26)9-14(12)27-17(30)10-28-16-7-8-33-18(16)19(31)29(20(28)32)15-4-2-1-3-13(15)23/h1-9H,10H2,(H,27,30). The molecule has 1 amide bonds. The summed E-state index contributed by atoms with van der Waals surface area (Å²) in [7, 11) is 0. The summed E-state index contributed by atoms with van der Waals surface area (Å²) in [5.74, 6) is -1.69. The molecule has 4 rings (SSSR count). The second-order valence-electron chi connectivity index (χ2n) is 6.84.